The van der Waals surface area contributed by atoms with Crippen LogP contribution in [0.25, 0.3) is 0 Å². The lowest BCUT2D eigenvalue weighted by Gasteiger charge is -2.31. The molecule has 0 saturated heterocycles. The topological polar surface area (TPSA) is 48.1 Å². The monoisotopic (exact) mass is 184 g/mol. The Morgan fingerprint density at radius 1 is 1.67 bits per heavy atom. The zero-order chi connectivity index (χ0) is 8.55. The number of nitrogens with two attached hydrogens (primary N) is 1. The Labute approximate surface area is 75.6 Å². The summed E-state index contributed by atoms with van der Waals surface area (Å²) in [7, 11) is 1.64. The molecule has 12 heavy (non-hydrogen) atoms. The van der Waals surface area contributed by atoms with E-state index in [9.17, 15) is 0 Å². The molecule has 1 aromatic rings. The Bertz CT molecular complexity index is 274. The van der Waals surface area contributed by atoms with E-state index in [4.69, 9.17) is 10.5 Å². The molecule has 2 unspecified atom stereocenters. The van der Waals surface area contributed by atoms with Gasteiger partial charge < -0.3 is 10.5 Å². The minimum Gasteiger partial charge on any atom is -0.473 e. The van der Waals surface area contributed by atoms with E-state index in [0.717, 1.165) is 17.3 Å². The van der Waals surface area contributed by atoms with Crippen LogP contribution in [0.4, 0.5) is 0 Å². The minimum absolute atomic E-state index is 0.316. The third kappa shape index (κ3) is 1.21. The van der Waals surface area contributed by atoms with Gasteiger partial charge in [-0.15, -0.1) is 0 Å². The number of rotatable bonds is 2. The molecule has 4 heteroatoms. The smallest absolute Gasteiger partial charge is 0.273 e. The standard InChI is InChI=1S/C8H12N2OS/c1-11-8-10-7(4-12-8)5-2-3-6(5)9/h4-6H,2-3,9H2,1H3. The molecule has 0 bridgehead atoms. The summed E-state index contributed by atoms with van der Waals surface area (Å²) in [6.07, 6.45) is 2.30. The third-order valence-corrected chi connectivity index (χ3v) is 3.20. The number of hydrogen-bond acceptors (Lipinski definition) is 4. The zero-order valence-electron chi connectivity index (χ0n) is 6.99. The van der Waals surface area contributed by atoms with Crippen molar-refractivity contribution < 1.29 is 4.74 Å². The van der Waals surface area contributed by atoms with E-state index in [1.807, 2.05) is 5.38 Å². The van der Waals surface area contributed by atoms with Crippen LogP contribution in [0.1, 0.15) is 24.5 Å². The molecule has 1 aliphatic carbocycles. The number of nitrogens with zero attached hydrogens (tertiary/aromatic N) is 1. The summed E-state index contributed by atoms with van der Waals surface area (Å²) in [4.78, 5) is 4.32. The van der Waals surface area contributed by atoms with Gasteiger partial charge >= 0.3 is 0 Å². The van der Waals surface area contributed by atoms with E-state index in [0.29, 0.717) is 12.0 Å². The van der Waals surface area contributed by atoms with E-state index in [2.05, 4.69) is 4.98 Å². The molecule has 0 radical (unpaired) electrons. The first-order valence-electron chi connectivity index (χ1n) is 4.06. The van der Waals surface area contributed by atoms with Crippen molar-refractivity contribution in [1.82, 2.24) is 4.98 Å². The molecule has 0 aromatic carbocycles. The van der Waals surface area contributed by atoms with E-state index in [-0.39, 0.29) is 0 Å². The van der Waals surface area contributed by atoms with Crippen LogP contribution in [-0.4, -0.2) is 18.1 Å². The number of aromatic nitrogens is 1. The zero-order valence-corrected chi connectivity index (χ0v) is 7.80. The summed E-state index contributed by atoms with van der Waals surface area (Å²) < 4.78 is 5.02. The SMILES string of the molecule is COc1nc(C2CCC2N)cs1. The van der Waals surface area contributed by atoms with Crippen LogP contribution in [-0.2, 0) is 0 Å². The van der Waals surface area contributed by atoms with Crippen molar-refractivity contribution in [3.05, 3.63) is 11.1 Å². The van der Waals surface area contributed by atoms with Gasteiger partial charge in [0, 0.05) is 17.3 Å². The summed E-state index contributed by atoms with van der Waals surface area (Å²) >= 11 is 1.54. The predicted molar refractivity (Wildman–Crippen MR) is 48.6 cm³/mol. The van der Waals surface area contributed by atoms with Crippen LogP contribution in [0.3, 0.4) is 0 Å². The van der Waals surface area contributed by atoms with E-state index in [1.54, 1.807) is 18.4 Å². The molecule has 0 aliphatic heterocycles. The molecule has 2 N–H and O–H groups in total. The van der Waals surface area contributed by atoms with E-state index in [1.165, 1.54) is 6.42 Å². The Hall–Kier alpha value is -0.610. The Morgan fingerprint density at radius 3 is 2.92 bits per heavy atom. The van der Waals surface area contributed by atoms with Crippen molar-refractivity contribution in [2.24, 2.45) is 5.73 Å². The van der Waals surface area contributed by atoms with E-state index < -0.39 is 0 Å². The molecule has 1 saturated carbocycles. The largest absolute Gasteiger partial charge is 0.473 e. The average molecular weight is 184 g/mol. The first-order chi connectivity index (χ1) is 5.81. The maximum absolute atomic E-state index is 5.83. The van der Waals surface area contributed by atoms with Gasteiger partial charge in [0.25, 0.3) is 5.19 Å². The van der Waals surface area contributed by atoms with Crippen molar-refractivity contribution in [2.45, 2.75) is 24.8 Å². The highest BCUT2D eigenvalue weighted by molar-refractivity contribution is 7.11. The molecule has 1 aliphatic rings. The summed E-state index contributed by atoms with van der Waals surface area (Å²) in [5, 5.41) is 2.78. The molecule has 0 spiro atoms. The first kappa shape index (κ1) is 8.01. The molecule has 1 aromatic heterocycles. The van der Waals surface area contributed by atoms with Gasteiger partial charge in [0.1, 0.15) is 0 Å². The highest BCUT2D eigenvalue weighted by Gasteiger charge is 2.30. The minimum atomic E-state index is 0.316. The molecule has 2 rings (SSSR count). The van der Waals surface area contributed by atoms with Crippen molar-refractivity contribution in [3.63, 3.8) is 0 Å². The van der Waals surface area contributed by atoms with E-state index >= 15 is 0 Å². The normalized spacial score (nSPS) is 28.2. The summed E-state index contributed by atoms with van der Waals surface area (Å²) in [6.45, 7) is 0. The number of thiazole rings is 1. The first-order valence-corrected chi connectivity index (χ1v) is 4.94. The second-order valence-corrected chi connectivity index (χ2v) is 3.91. The quantitative estimate of drug-likeness (QED) is 0.755. The Balaban J connectivity index is 2.12. The molecule has 3 nitrogen and oxygen atoms in total. The summed E-state index contributed by atoms with van der Waals surface area (Å²) in [6, 6.07) is 0.316. The second kappa shape index (κ2) is 3.03. The van der Waals surface area contributed by atoms with Gasteiger partial charge in [-0.1, -0.05) is 11.3 Å². The second-order valence-electron chi connectivity index (χ2n) is 3.09. The fraction of sp³-hybridized carbons (Fsp3) is 0.625. The van der Waals surface area contributed by atoms with Crippen LogP contribution >= 0.6 is 11.3 Å². The van der Waals surface area contributed by atoms with Gasteiger partial charge in [-0.3, -0.25) is 0 Å². The molecule has 2 atom stereocenters. The van der Waals surface area contributed by atoms with Gasteiger partial charge in [0.05, 0.1) is 12.8 Å². The molecule has 1 heterocycles. The Kier molecular flexibility index (Phi) is 2.02. The predicted octanol–water partition coefficient (Wildman–Crippen LogP) is 1.36. The van der Waals surface area contributed by atoms with Crippen LogP contribution in [0.2, 0.25) is 0 Å². The van der Waals surface area contributed by atoms with Crippen molar-refractivity contribution in [2.75, 3.05) is 7.11 Å². The number of ether oxygens (including phenoxy) is 1. The highest BCUT2D eigenvalue weighted by Crippen LogP contribution is 2.36. The molecule has 0 amide bonds. The molecule has 1 fully saturated rings. The van der Waals surface area contributed by atoms with Crippen LogP contribution in [0.15, 0.2) is 5.38 Å². The fourth-order valence-electron chi connectivity index (χ4n) is 1.43. The fourth-order valence-corrected chi connectivity index (χ4v) is 2.13. The van der Waals surface area contributed by atoms with Crippen molar-refractivity contribution in [1.29, 1.82) is 0 Å². The molecule has 66 valence electrons. The van der Waals surface area contributed by atoms with Gasteiger partial charge in [0.2, 0.25) is 0 Å². The van der Waals surface area contributed by atoms with Crippen molar-refractivity contribution in [3.8, 4) is 5.19 Å². The lowest BCUT2D eigenvalue weighted by molar-refractivity contribution is 0.337. The third-order valence-electron chi connectivity index (χ3n) is 2.38. The van der Waals surface area contributed by atoms with Crippen LogP contribution in [0, 0.1) is 0 Å². The average Bonchev–Trinajstić information content (AvgIpc) is 2.50. The Morgan fingerprint density at radius 2 is 2.50 bits per heavy atom. The maximum Gasteiger partial charge on any atom is 0.273 e. The summed E-state index contributed by atoms with van der Waals surface area (Å²) in [5.41, 5.74) is 6.94. The highest BCUT2D eigenvalue weighted by atomic mass is 32.1. The van der Waals surface area contributed by atoms with Gasteiger partial charge in [-0.2, -0.15) is 0 Å². The van der Waals surface area contributed by atoms with Gasteiger partial charge in [-0.05, 0) is 12.8 Å². The summed E-state index contributed by atoms with van der Waals surface area (Å²) in [5.74, 6) is 0.477. The van der Waals surface area contributed by atoms with Crippen LogP contribution < -0.4 is 10.5 Å². The maximum atomic E-state index is 5.83. The van der Waals surface area contributed by atoms with Gasteiger partial charge in [0.15, 0.2) is 0 Å². The number of methoxy groups -OCH3 is 1. The molecular weight excluding hydrogens is 172 g/mol. The van der Waals surface area contributed by atoms with Crippen LogP contribution in [0.5, 0.6) is 5.19 Å². The number of hydrogen-bond donors (Lipinski definition) is 1. The van der Waals surface area contributed by atoms with Gasteiger partial charge in [-0.25, -0.2) is 4.98 Å². The molecular formula is C8H12N2OS. The van der Waals surface area contributed by atoms with Crippen molar-refractivity contribution >= 4 is 11.3 Å². The lowest BCUT2D eigenvalue weighted by Crippen LogP contribution is -2.37. The lowest BCUT2D eigenvalue weighted by atomic mass is 9.78.